The molecule has 0 fully saturated rings. The van der Waals surface area contributed by atoms with Crippen LogP contribution < -0.4 is 10.6 Å². The van der Waals surface area contributed by atoms with Gasteiger partial charge in [-0.05, 0) is 39.8 Å². The number of hydrogen-bond donors (Lipinski definition) is 2. The zero-order valence-corrected chi connectivity index (χ0v) is 15.4. The summed E-state index contributed by atoms with van der Waals surface area (Å²) in [6.07, 6.45) is 1.01. The molecule has 8 nitrogen and oxygen atoms in total. The van der Waals surface area contributed by atoms with Gasteiger partial charge in [-0.1, -0.05) is 0 Å². The van der Waals surface area contributed by atoms with Crippen LogP contribution in [0.25, 0.3) is 0 Å². The lowest BCUT2D eigenvalue weighted by molar-refractivity contribution is 0.0950. The predicted molar refractivity (Wildman–Crippen MR) is 95.5 cm³/mol. The van der Waals surface area contributed by atoms with Crippen LogP contribution in [-0.4, -0.2) is 33.6 Å². The molecule has 0 atom stereocenters. The van der Waals surface area contributed by atoms with E-state index in [1.807, 2.05) is 20.8 Å². The van der Waals surface area contributed by atoms with E-state index in [4.69, 9.17) is 4.74 Å². The monoisotopic (exact) mass is 357 g/mol. The van der Waals surface area contributed by atoms with Crippen molar-refractivity contribution >= 4 is 12.0 Å². The highest BCUT2D eigenvalue weighted by atomic mass is 16.5. The van der Waals surface area contributed by atoms with Crippen molar-refractivity contribution in [1.82, 2.24) is 25.6 Å². The normalized spacial score (nSPS) is 10.3. The molecule has 0 unspecified atom stereocenters. The molecule has 2 amide bonds. The maximum Gasteiger partial charge on any atom is 0.407 e. The number of amides is 2. The minimum atomic E-state index is -0.519. The lowest BCUT2D eigenvalue weighted by atomic mass is 10.1. The van der Waals surface area contributed by atoms with Gasteiger partial charge in [-0.15, -0.1) is 0 Å². The van der Waals surface area contributed by atoms with Crippen LogP contribution in [0.3, 0.4) is 0 Å². The van der Waals surface area contributed by atoms with E-state index < -0.39 is 6.09 Å². The molecule has 8 heteroatoms. The fraction of sp³-hybridized carbons (Fsp3) is 0.389. The first-order chi connectivity index (χ1) is 12.4. The molecule has 2 heterocycles. The third kappa shape index (κ3) is 5.23. The Labute approximate surface area is 152 Å². The number of carbonyl (C=O) groups is 2. The average Bonchev–Trinajstić information content (AvgIpc) is 2.59. The van der Waals surface area contributed by atoms with Crippen molar-refractivity contribution in [3.63, 3.8) is 0 Å². The number of pyridine rings is 1. The highest BCUT2D eigenvalue weighted by Gasteiger charge is 2.11. The fourth-order valence-electron chi connectivity index (χ4n) is 2.49. The van der Waals surface area contributed by atoms with Gasteiger partial charge in [-0.2, -0.15) is 0 Å². The van der Waals surface area contributed by atoms with Gasteiger partial charge in [-0.3, -0.25) is 9.78 Å². The van der Waals surface area contributed by atoms with Crippen molar-refractivity contribution in [2.24, 2.45) is 0 Å². The van der Waals surface area contributed by atoms with Crippen LogP contribution in [0.5, 0.6) is 0 Å². The molecule has 0 aliphatic rings. The molecule has 0 saturated carbocycles. The summed E-state index contributed by atoms with van der Waals surface area (Å²) in [6, 6.07) is 3.25. The number of aryl methyl sites for hydroxylation is 3. The van der Waals surface area contributed by atoms with E-state index in [9.17, 15) is 9.59 Å². The van der Waals surface area contributed by atoms with Gasteiger partial charge >= 0.3 is 6.09 Å². The predicted octanol–water partition coefficient (Wildman–Crippen LogP) is 1.97. The van der Waals surface area contributed by atoms with E-state index in [2.05, 4.69) is 25.6 Å². The number of nitrogens with zero attached hydrogens (tertiary/aromatic N) is 3. The lowest BCUT2D eigenvalue weighted by Gasteiger charge is -2.11. The number of nitrogens with one attached hydrogen (secondary N) is 2. The minimum absolute atomic E-state index is 0.184. The first-order valence-corrected chi connectivity index (χ1v) is 8.35. The second-order valence-electron chi connectivity index (χ2n) is 5.71. The van der Waals surface area contributed by atoms with Crippen molar-refractivity contribution in [1.29, 1.82) is 0 Å². The Bertz CT molecular complexity index is 784. The number of hydrogen-bond acceptors (Lipinski definition) is 6. The summed E-state index contributed by atoms with van der Waals surface area (Å²) in [6.45, 7) is 8.18. The summed E-state index contributed by atoms with van der Waals surface area (Å²) in [4.78, 5) is 36.5. The summed E-state index contributed by atoms with van der Waals surface area (Å²) < 4.78 is 4.79. The number of rotatable bonds is 6. The molecule has 0 aliphatic heterocycles. The molecule has 0 aromatic carbocycles. The number of ether oxygens (including phenoxy) is 1. The van der Waals surface area contributed by atoms with Gasteiger partial charge in [0, 0.05) is 35.3 Å². The Morgan fingerprint density at radius 1 is 1.08 bits per heavy atom. The van der Waals surface area contributed by atoms with E-state index >= 15 is 0 Å². The van der Waals surface area contributed by atoms with E-state index in [0.717, 1.165) is 17.0 Å². The fourth-order valence-corrected chi connectivity index (χ4v) is 2.49. The molecule has 0 radical (unpaired) electrons. The Morgan fingerprint density at radius 2 is 1.77 bits per heavy atom. The van der Waals surface area contributed by atoms with Crippen molar-refractivity contribution in [2.75, 3.05) is 6.61 Å². The molecule has 0 saturated heterocycles. The molecule has 138 valence electrons. The third-order valence-electron chi connectivity index (χ3n) is 3.73. The summed E-state index contributed by atoms with van der Waals surface area (Å²) in [7, 11) is 0. The molecule has 26 heavy (non-hydrogen) atoms. The molecule has 0 aliphatic carbocycles. The van der Waals surface area contributed by atoms with Crippen LogP contribution in [0.4, 0.5) is 4.79 Å². The zero-order valence-electron chi connectivity index (χ0n) is 15.4. The van der Waals surface area contributed by atoms with Gasteiger partial charge in [0.25, 0.3) is 5.91 Å². The van der Waals surface area contributed by atoms with Crippen molar-refractivity contribution in [3.8, 4) is 0 Å². The summed E-state index contributed by atoms with van der Waals surface area (Å²) in [5.74, 6) is 0.479. The second-order valence-corrected chi connectivity index (χ2v) is 5.71. The molecule has 0 spiro atoms. The molecular weight excluding hydrogens is 334 g/mol. The van der Waals surface area contributed by atoms with Gasteiger partial charge in [0.1, 0.15) is 5.82 Å². The first-order valence-electron chi connectivity index (χ1n) is 8.35. The molecule has 2 N–H and O–H groups in total. The van der Waals surface area contributed by atoms with Crippen LogP contribution in [0.2, 0.25) is 0 Å². The van der Waals surface area contributed by atoms with E-state index in [0.29, 0.717) is 30.2 Å². The SMILES string of the molecule is CCOC(=O)NCc1cc(C(=O)NCc2c(C)nc(C)nc2C)ccn1. The number of alkyl carbamates (subject to hydrolysis) is 1. The molecule has 0 bridgehead atoms. The van der Waals surface area contributed by atoms with Crippen molar-refractivity contribution in [2.45, 2.75) is 40.8 Å². The number of carbonyl (C=O) groups excluding carboxylic acids is 2. The van der Waals surface area contributed by atoms with Crippen LogP contribution in [0, 0.1) is 20.8 Å². The number of aromatic nitrogens is 3. The average molecular weight is 357 g/mol. The smallest absolute Gasteiger partial charge is 0.407 e. The van der Waals surface area contributed by atoms with E-state index in [1.54, 1.807) is 19.1 Å². The molecule has 2 aromatic rings. The maximum absolute atomic E-state index is 12.4. The summed E-state index contributed by atoms with van der Waals surface area (Å²) in [5, 5.41) is 5.44. The van der Waals surface area contributed by atoms with Crippen LogP contribution in [0.15, 0.2) is 18.3 Å². The van der Waals surface area contributed by atoms with Gasteiger partial charge in [0.2, 0.25) is 0 Å². The van der Waals surface area contributed by atoms with Crippen molar-refractivity contribution < 1.29 is 14.3 Å². The Morgan fingerprint density at radius 3 is 2.42 bits per heavy atom. The largest absolute Gasteiger partial charge is 0.450 e. The zero-order chi connectivity index (χ0) is 19.1. The van der Waals surface area contributed by atoms with Gasteiger partial charge in [0.15, 0.2) is 0 Å². The minimum Gasteiger partial charge on any atom is -0.450 e. The first kappa shape index (κ1) is 19.3. The van der Waals surface area contributed by atoms with Crippen molar-refractivity contribution in [3.05, 3.63) is 52.4 Å². The Hall–Kier alpha value is -3.03. The van der Waals surface area contributed by atoms with E-state index in [1.165, 1.54) is 6.20 Å². The summed E-state index contributed by atoms with van der Waals surface area (Å²) >= 11 is 0. The maximum atomic E-state index is 12.4. The highest BCUT2D eigenvalue weighted by Crippen LogP contribution is 2.10. The third-order valence-corrected chi connectivity index (χ3v) is 3.73. The lowest BCUT2D eigenvalue weighted by Crippen LogP contribution is -2.26. The van der Waals surface area contributed by atoms with Gasteiger partial charge < -0.3 is 15.4 Å². The van der Waals surface area contributed by atoms with Gasteiger partial charge in [-0.25, -0.2) is 14.8 Å². The van der Waals surface area contributed by atoms with Crippen LogP contribution in [-0.2, 0) is 17.8 Å². The summed E-state index contributed by atoms with van der Waals surface area (Å²) in [5.41, 5.74) is 3.64. The van der Waals surface area contributed by atoms with Crippen LogP contribution in [0.1, 0.15) is 45.8 Å². The molecule has 2 aromatic heterocycles. The van der Waals surface area contributed by atoms with Gasteiger partial charge in [0.05, 0.1) is 18.8 Å². The molecule has 2 rings (SSSR count). The van der Waals surface area contributed by atoms with Crippen LogP contribution >= 0.6 is 0 Å². The Balaban J connectivity index is 2.00. The highest BCUT2D eigenvalue weighted by molar-refractivity contribution is 5.94. The molecular formula is C18H23N5O3. The van der Waals surface area contributed by atoms with E-state index in [-0.39, 0.29) is 12.5 Å². The Kier molecular flexibility index (Phi) is 6.60. The standard InChI is InChI=1S/C18H23N5O3/c1-5-26-18(25)21-9-15-8-14(6-7-19-15)17(24)20-10-16-11(2)22-13(4)23-12(16)3/h6-8H,5,9-10H2,1-4H3,(H,20,24)(H,21,25). The quantitative estimate of drug-likeness (QED) is 0.819. The second kappa shape index (κ2) is 8.89. The topological polar surface area (TPSA) is 106 Å².